The number of aromatic nitrogens is 1. The van der Waals surface area contributed by atoms with Crippen molar-refractivity contribution in [2.24, 2.45) is 5.92 Å². The highest BCUT2D eigenvalue weighted by atomic mass is 35.5. The van der Waals surface area contributed by atoms with Crippen molar-refractivity contribution in [2.45, 2.75) is 25.8 Å². The minimum absolute atomic E-state index is 0.0111. The molecule has 1 aromatic carbocycles. The molecule has 1 unspecified atom stereocenters. The molecule has 3 rings (SSSR count). The van der Waals surface area contributed by atoms with Crippen LogP contribution in [0.25, 0.3) is 0 Å². The molecular formula is C16H15ClN4OS. The standard InChI is InChI=1S/C16H15ClN4OS/c1-9(19-16-21-14(17)13(8-18)23-16)10-4-6-12(7-5-10)20-15(22)11-2-3-11/h4-7,9,11H,2-3H2,1H3,(H,19,21)(H,20,22). The van der Waals surface area contributed by atoms with Gasteiger partial charge in [-0.2, -0.15) is 5.26 Å². The maximum Gasteiger partial charge on any atom is 0.227 e. The van der Waals surface area contributed by atoms with Crippen LogP contribution in [-0.2, 0) is 4.79 Å². The molecule has 0 spiro atoms. The molecule has 1 fully saturated rings. The van der Waals surface area contributed by atoms with Gasteiger partial charge in [0.1, 0.15) is 10.9 Å². The first-order chi connectivity index (χ1) is 11.1. The Balaban J connectivity index is 1.63. The predicted molar refractivity (Wildman–Crippen MR) is 91.7 cm³/mol. The van der Waals surface area contributed by atoms with Gasteiger partial charge in [0.2, 0.25) is 5.91 Å². The van der Waals surface area contributed by atoms with Gasteiger partial charge in [-0.05, 0) is 37.5 Å². The summed E-state index contributed by atoms with van der Waals surface area (Å²) in [6, 6.07) is 9.73. The second kappa shape index (κ2) is 6.57. The lowest BCUT2D eigenvalue weighted by molar-refractivity contribution is -0.117. The number of carbonyl (C=O) groups is 1. The van der Waals surface area contributed by atoms with Crippen molar-refractivity contribution in [3.63, 3.8) is 0 Å². The highest BCUT2D eigenvalue weighted by molar-refractivity contribution is 7.16. The predicted octanol–water partition coefficient (Wildman–Crippen LogP) is 4.19. The highest BCUT2D eigenvalue weighted by Crippen LogP contribution is 2.31. The first-order valence-electron chi connectivity index (χ1n) is 7.30. The topological polar surface area (TPSA) is 77.8 Å². The first kappa shape index (κ1) is 15.8. The summed E-state index contributed by atoms with van der Waals surface area (Å²) >= 11 is 7.10. The summed E-state index contributed by atoms with van der Waals surface area (Å²) in [5.41, 5.74) is 1.86. The van der Waals surface area contributed by atoms with Crippen molar-refractivity contribution in [3.8, 4) is 6.07 Å². The van der Waals surface area contributed by atoms with Crippen LogP contribution < -0.4 is 10.6 Å². The Labute approximate surface area is 143 Å². The van der Waals surface area contributed by atoms with Crippen molar-refractivity contribution in [2.75, 3.05) is 10.6 Å². The molecule has 1 amide bonds. The number of hydrogen-bond donors (Lipinski definition) is 2. The molecule has 0 aliphatic heterocycles. The van der Waals surface area contributed by atoms with Crippen LogP contribution in [0, 0.1) is 17.2 Å². The molecule has 1 aromatic heterocycles. The molecule has 2 N–H and O–H groups in total. The lowest BCUT2D eigenvalue weighted by Crippen LogP contribution is -2.13. The van der Waals surface area contributed by atoms with Gasteiger partial charge in [0, 0.05) is 11.6 Å². The second-order valence-corrected chi connectivity index (χ2v) is 6.86. The Hall–Kier alpha value is -2.10. The second-order valence-electron chi connectivity index (χ2n) is 5.50. The monoisotopic (exact) mass is 346 g/mol. The zero-order chi connectivity index (χ0) is 16.4. The number of carbonyl (C=O) groups excluding carboxylic acids is 1. The molecule has 1 heterocycles. The van der Waals surface area contributed by atoms with E-state index in [2.05, 4.69) is 15.6 Å². The number of benzene rings is 1. The van der Waals surface area contributed by atoms with E-state index in [1.54, 1.807) is 0 Å². The number of nitrogens with zero attached hydrogens (tertiary/aromatic N) is 2. The zero-order valence-electron chi connectivity index (χ0n) is 12.5. The molecule has 23 heavy (non-hydrogen) atoms. The zero-order valence-corrected chi connectivity index (χ0v) is 14.0. The summed E-state index contributed by atoms with van der Waals surface area (Å²) in [4.78, 5) is 16.3. The molecule has 7 heteroatoms. The molecule has 0 radical (unpaired) electrons. The Morgan fingerprint density at radius 1 is 1.43 bits per heavy atom. The van der Waals surface area contributed by atoms with E-state index in [1.807, 2.05) is 37.3 Å². The Morgan fingerprint density at radius 3 is 2.70 bits per heavy atom. The summed E-state index contributed by atoms with van der Waals surface area (Å²) in [5.74, 6) is 0.296. The van der Waals surface area contributed by atoms with E-state index in [4.69, 9.17) is 16.9 Å². The van der Waals surface area contributed by atoms with Gasteiger partial charge in [-0.1, -0.05) is 35.1 Å². The number of thiazole rings is 1. The minimum Gasteiger partial charge on any atom is -0.355 e. The smallest absolute Gasteiger partial charge is 0.227 e. The fourth-order valence-electron chi connectivity index (χ4n) is 2.15. The third-order valence-electron chi connectivity index (χ3n) is 3.65. The van der Waals surface area contributed by atoms with Crippen molar-refractivity contribution in [1.82, 2.24) is 4.98 Å². The van der Waals surface area contributed by atoms with Gasteiger partial charge in [-0.25, -0.2) is 4.98 Å². The average Bonchev–Trinajstić information content (AvgIpc) is 3.32. The van der Waals surface area contributed by atoms with Crippen LogP contribution in [0.5, 0.6) is 0 Å². The highest BCUT2D eigenvalue weighted by Gasteiger charge is 2.29. The Bertz CT molecular complexity index is 761. The molecule has 5 nitrogen and oxygen atoms in total. The fourth-order valence-corrected chi connectivity index (χ4v) is 3.18. The number of halogens is 1. The average molecular weight is 347 g/mol. The van der Waals surface area contributed by atoms with Crippen LogP contribution in [0.2, 0.25) is 5.15 Å². The maximum atomic E-state index is 11.7. The van der Waals surface area contributed by atoms with Gasteiger partial charge >= 0.3 is 0 Å². The SMILES string of the molecule is CC(Nc1nc(Cl)c(C#N)s1)c1ccc(NC(=O)C2CC2)cc1. The molecule has 1 saturated carbocycles. The van der Waals surface area contributed by atoms with Gasteiger partial charge in [-0.3, -0.25) is 4.79 Å². The third kappa shape index (κ3) is 3.81. The lowest BCUT2D eigenvalue weighted by Gasteiger charge is -2.14. The van der Waals surface area contributed by atoms with E-state index in [-0.39, 0.29) is 23.0 Å². The minimum atomic E-state index is 0.0111. The van der Waals surface area contributed by atoms with Crippen molar-refractivity contribution in [1.29, 1.82) is 5.26 Å². The van der Waals surface area contributed by atoms with Crippen LogP contribution in [0.1, 0.15) is 36.2 Å². The van der Waals surface area contributed by atoms with Crippen molar-refractivity contribution in [3.05, 3.63) is 39.9 Å². The summed E-state index contributed by atoms with van der Waals surface area (Å²) in [5, 5.41) is 15.9. The molecule has 118 valence electrons. The Morgan fingerprint density at radius 2 is 2.13 bits per heavy atom. The molecule has 1 atom stereocenters. The number of nitriles is 1. The van der Waals surface area contributed by atoms with Gasteiger partial charge in [0.05, 0.1) is 6.04 Å². The third-order valence-corrected chi connectivity index (χ3v) is 4.93. The van der Waals surface area contributed by atoms with Crippen molar-refractivity contribution >= 4 is 39.7 Å². The van der Waals surface area contributed by atoms with Crippen LogP contribution in [0.4, 0.5) is 10.8 Å². The summed E-state index contributed by atoms with van der Waals surface area (Å²) in [6.45, 7) is 2.00. The number of hydrogen-bond acceptors (Lipinski definition) is 5. The van der Waals surface area contributed by atoms with Crippen LogP contribution in [0.15, 0.2) is 24.3 Å². The van der Waals surface area contributed by atoms with Gasteiger partial charge in [0.15, 0.2) is 10.3 Å². The number of anilines is 2. The summed E-state index contributed by atoms with van der Waals surface area (Å²) in [6.07, 6.45) is 1.98. The van der Waals surface area contributed by atoms with Gasteiger partial charge < -0.3 is 10.6 Å². The number of nitrogens with one attached hydrogen (secondary N) is 2. The van der Waals surface area contributed by atoms with E-state index in [9.17, 15) is 4.79 Å². The molecule has 0 saturated heterocycles. The van der Waals surface area contributed by atoms with E-state index < -0.39 is 0 Å². The molecular weight excluding hydrogens is 332 g/mol. The molecule has 0 bridgehead atoms. The van der Waals surface area contributed by atoms with E-state index in [0.29, 0.717) is 10.0 Å². The van der Waals surface area contributed by atoms with Gasteiger partial charge in [-0.15, -0.1) is 0 Å². The Kier molecular flexibility index (Phi) is 4.51. The van der Waals surface area contributed by atoms with E-state index in [1.165, 1.54) is 11.3 Å². The summed E-state index contributed by atoms with van der Waals surface area (Å²) < 4.78 is 0. The number of amides is 1. The van der Waals surface area contributed by atoms with E-state index >= 15 is 0 Å². The van der Waals surface area contributed by atoms with Gasteiger partial charge in [0.25, 0.3) is 0 Å². The quantitative estimate of drug-likeness (QED) is 0.850. The van der Waals surface area contributed by atoms with E-state index in [0.717, 1.165) is 24.1 Å². The van der Waals surface area contributed by atoms with Crippen molar-refractivity contribution < 1.29 is 4.79 Å². The van der Waals surface area contributed by atoms with Crippen LogP contribution in [0.3, 0.4) is 0 Å². The lowest BCUT2D eigenvalue weighted by atomic mass is 10.1. The normalized spacial score (nSPS) is 14.8. The molecule has 2 aromatic rings. The largest absolute Gasteiger partial charge is 0.355 e. The maximum absolute atomic E-state index is 11.7. The first-order valence-corrected chi connectivity index (χ1v) is 8.50. The van der Waals surface area contributed by atoms with Crippen LogP contribution in [-0.4, -0.2) is 10.9 Å². The number of rotatable bonds is 5. The molecule has 1 aliphatic rings. The molecule has 1 aliphatic carbocycles. The summed E-state index contributed by atoms with van der Waals surface area (Å²) in [7, 11) is 0. The fraction of sp³-hybridized carbons (Fsp3) is 0.312. The van der Waals surface area contributed by atoms with Crippen LogP contribution >= 0.6 is 22.9 Å².